The lowest BCUT2D eigenvalue weighted by Gasteiger charge is -2.35. The number of hydrogen-bond acceptors (Lipinski definition) is 5. The van der Waals surface area contributed by atoms with Crippen molar-refractivity contribution in [3.63, 3.8) is 0 Å². The van der Waals surface area contributed by atoms with Crippen molar-refractivity contribution in [1.29, 1.82) is 0 Å². The van der Waals surface area contributed by atoms with E-state index in [9.17, 15) is 0 Å². The van der Waals surface area contributed by atoms with E-state index in [1.54, 1.807) is 0 Å². The summed E-state index contributed by atoms with van der Waals surface area (Å²) in [6.07, 6.45) is 2.02. The van der Waals surface area contributed by atoms with E-state index < -0.39 is 0 Å². The van der Waals surface area contributed by atoms with Gasteiger partial charge < -0.3 is 15.5 Å². The quantitative estimate of drug-likeness (QED) is 0.868. The number of likely N-dealkylation sites (tertiary alicyclic amines) is 1. The monoisotopic (exact) mass is 263 g/mol. The Balaban J connectivity index is 2.09. The lowest BCUT2D eigenvalue weighted by Crippen LogP contribution is -2.43. The highest BCUT2D eigenvalue weighted by Gasteiger charge is 2.24. The van der Waals surface area contributed by atoms with Crippen molar-refractivity contribution in [2.24, 2.45) is 5.92 Å². The van der Waals surface area contributed by atoms with Gasteiger partial charge in [-0.05, 0) is 25.9 Å². The number of anilines is 2. The fraction of sp³-hybridized carbons (Fsp3) is 0.714. The summed E-state index contributed by atoms with van der Waals surface area (Å²) in [5.41, 5.74) is 0. The van der Waals surface area contributed by atoms with Crippen LogP contribution in [0.3, 0.4) is 0 Å². The molecule has 2 unspecified atom stereocenters. The van der Waals surface area contributed by atoms with E-state index in [1.165, 1.54) is 0 Å². The fourth-order valence-electron chi connectivity index (χ4n) is 2.62. The maximum Gasteiger partial charge on any atom is 0.132 e. The number of aryl methyl sites for hydroxylation is 1. The summed E-state index contributed by atoms with van der Waals surface area (Å²) >= 11 is 0. The highest BCUT2D eigenvalue weighted by atomic mass is 15.1. The second-order valence-corrected chi connectivity index (χ2v) is 5.44. The second-order valence-electron chi connectivity index (χ2n) is 5.44. The molecule has 1 aromatic heterocycles. The normalized spacial score (nSPS) is 24.2. The number of rotatable bonds is 4. The summed E-state index contributed by atoms with van der Waals surface area (Å²) in [6.45, 7) is 6.67. The van der Waals surface area contributed by atoms with Crippen LogP contribution in [-0.2, 0) is 6.42 Å². The van der Waals surface area contributed by atoms with Gasteiger partial charge in [0, 0.05) is 32.1 Å². The van der Waals surface area contributed by atoms with Crippen LogP contribution in [0.15, 0.2) is 6.07 Å². The highest BCUT2D eigenvalue weighted by Crippen LogP contribution is 2.20. The molecule has 0 amide bonds. The van der Waals surface area contributed by atoms with Crippen molar-refractivity contribution in [3.8, 4) is 0 Å². The topological polar surface area (TPSA) is 53.1 Å². The molecule has 1 fully saturated rings. The van der Waals surface area contributed by atoms with E-state index in [0.29, 0.717) is 12.0 Å². The summed E-state index contributed by atoms with van der Waals surface area (Å²) < 4.78 is 0. The van der Waals surface area contributed by atoms with Crippen LogP contribution >= 0.6 is 0 Å². The Morgan fingerprint density at radius 3 is 2.74 bits per heavy atom. The van der Waals surface area contributed by atoms with Crippen molar-refractivity contribution in [1.82, 2.24) is 14.9 Å². The van der Waals surface area contributed by atoms with Crippen LogP contribution in [-0.4, -0.2) is 48.1 Å². The van der Waals surface area contributed by atoms with Gasteiger partial charge in [0.1, 0.15) is 17.5 Å². The standard InChI is InChI=1S/C14H25N5/c1-5-12-17-13(15-3)8-14(18-12)16-11-6-7-19(4)9-10(11)2/h8,10-11H,5-7,9H2,1-4H3,(H2,15,16,17,18). The van der Waals surface area contributed by atoms with E-state index in [2.05, 4.69) is 46.4 Å². The fourth-order valence-corrected chi connectivity index (χ4v) is 2.62. The molecular weight excluding hydrogens is 238 g/mol. The first kappa shape index (κ1) is 14.1. The Kier molecular flexibility index (Phi) is 4.58. The molecule has 1 saturated heterocycles. The van der Waals surface area contributed by atoms with Crippen molar-refractivity contribution in [3.05, 3.63) is 11.9 Å². The Morgan fingerprint density at radius 1 is 1.37 bits per heavy atom. The van der Waals surface area contributed by atoms with E-state index in [4.69, 9.17) is 0 Å². The van der Waals surface area contributed by atoms with Crippen LogP contribution in [0.5, 0.6) is 0 Å². The first-order chi connectivity index (χ1) is 9.12. The molecule has 2 heterocycles. The van der Waals surface area contributed by atoms with Crippen molar-refractivity contribution in [2.75, 3.05) is 37.8 Å². The molecule has 0 radical (unpaired) electrons. The number of nitrogens with zero attached hydrogens (tertiary/aromatic N) is 3. The van der Waals surface area contributed by atoms with Crippen LogP contribution < -0.4 is 10.6 Å². The van der Waals surface area contributed by atoms with Gasteiger partial charge in [-0.2, -0.15) is 0 Å². The molecule has 0 aromatic carbocycles. The van der Waals surface area contributed by atoms with E-state index in [-0.39, 0.29) is 0 Å². The molecule has 5 nitrogen and oxygen atoms in total. The van der Waals surface area contributed by atoms with Gasteiger partial charge in [0.15, 0.2) is 0 Å². The van der Waals surface area contributed by atoms with Crippen LogP contribution in [0.2, 0.25) is 0 Å². The Morgan fingerprint density at radius 2 is 2.11 bits per heavy atom. The third-order valence-electron chi connectivity index (χ3n) is 3.79. The zero-order chi connectivity index (χ0) is 13.8. The summed E-state index contributed by atoms with van der Waals surface area (Å²) in [5.74, 6) is 3.35. The molecule has 19 heavy (non-hydrogen) atoms. The van der Waals surface area contributed by atoms with E-state index >= 15 is 0 Å². The lowest BCUT2D eigenvalue weighted by atomic mass is 9.94. The van der Waals surface area contributed by atoms with E-state index in [1.807, 2.05) is 13.1 Å². The zero-order valence-electron chi connectivity index (χ0n) is 12.4. The second kappa shape index (κ2) is 6.19. The van der Waals surface area contributed by atoms with Gasteiger partial charge in [-0.1, -0.05) is 13.8 Å². The van der Waals surface area contributed by atoms with Gasteiger partial charge in [-0.3, -0.25) is 0 Å². The van der Waals surface area contributed by atoms with Crippen molar-refractivity contribution in [2.45, 2.75) is 32.7 Å². The molecule has 2 atom stereocenters. The Bertz CT molecular complexity index is 398. The van der Waals surface area contributed by atoms with Gasteiger partial charge in [0.05, 0.1) is 0 Å². The molecule has 2 N–H and O–H groups in total. The molecule has 1 aliphatic heterocycles. The van der Waals surface area contributed by atoms with Gasteiger partial charge in [-0.25, -0.2) is 9.97 Å². The predicted octanol–water partition coefficient (Wildman–Crippen LogP) is 1.83. The zero-order valence-corrected chi connectivity index (χ0v) is 12.4. The van der Waals surface area contributed by atoms with Crippen LogP contribution in [0.4, 0.5) is 11.6 Å². The average molecular weight is 263 g/mol. The first-order valence-corrected chi connectivity index (χ1v) is 7.13. The van der Waals surface area contributed by atoms with Crippen LogP contribution in [0.25, 0.3) is 0 Å². The molecule has 106 valence electrons. The van der Waals surface area contributed by atoms with Crippen LogP contribution in [0.1, 0.15) is 26.1 Å². The van der Waals surface area contributed by atoms with Crippen LogP contribution in [0, 0.1) is 5.92 Å². The Hall–Kier alpha value is -1.36. The number of nitrogens with one attached hydrogen (secondary N) is 2. The van der Waals surface area contributed by atoms with Gasteiger partial charge in [0.2, 0.25) is 0 Å². The molecule has 0 bridgehead atoms. The average Bonchev–Trinajstić information content (AvgIpc) is 2.41. The Labute approximate surface area is 115 Å². The number of piperidine rings is 1. The molecule has 0 saturated carbocycles. The highest BCUT2D eigenvalue weighted by molar-refractivity contribution is 5.47. The molecular formula is C14H25N5. The van der Waals surface area contributed by atoms with Gasteiger partial charge >= 0.3 is 0 Å². The summed E-state index contributed by atoms with van der Waals surface area (Å²) in [6, 6.07) is 2.49. The summed E-state index contributed by atoms with van der Waals surface area (Å²) in [4.78, 5) is 11.4. The third kappa shape index (κ3) is 3.56. The third-order valence-corrected chi connectivity index (χ3v) is 3.79. The largest absolute Gasteiger partial charge is 0.373 e. The maximum atomic E-state index is 4.57. The van der Waals surface area contributed by atoms with Crippen molar-refractivity contribution >= 4 is 11.6 Å². The SMILES string of the molecule is CCc1nc(NC)cc(NC2CCN(C)CC2C)n1. The molecule has 0 aliphatic carbocycles. The molecule has 5 heteroatoms. The molecule has 1 aliphatic rings. The minimum atomic E-state index is 0.500. The molecule has 0 spiro atoms. The number of hydrogen-bond donors (Lipinski definition) is 2. The van der Waals surface area contributed by atoms with Gasteiger partial charge in [0.25, 0.3) is 0 Å². The molecule has 2 rings (SSSR count). The summed E-state index contributed by atoms with van der Waals surface area (Å²) in [7, 11) is 4.08. The molecule has 1 aromatic rings. The first-order valence-electron chi connectivity index (χ1n) is 7.13. The smallest absolute Gasteiger partial charge is 0.132 e. The predicted molar refractivity (Wildman–Crippen MR) is 79.6 cm³/mol. The minimum Gasteiger partial charge on any atom is -0.373 e. The number of aromatic nitrogens is 2. The minimum absolute atomic E-state index is 0.500. The van der Waals surface area contributed by atoms with E-state index in [0.717, 1.165) is 43.4 Å². The summed E-state index contributed by atoms with van der Waals surface area (Å²) in [5, 5.41) is 6.68. The lowest BCUT2D eigenvalue weighted by molar-refractivity contribution is 0.206. The maximum absolute atomic E-state index is 4.57. The van der Waals surface area contributed by atoms with Crippen molar-refractivity contribution < 1.29 is 0 Å². The van der Waals surface area contributed by atoms with Gasteiger partial charge in [-0.15, -0.1) is 0 Å².